The van der Waals surface area contributed by atoms with Gasteiger partial charge in [0.25, 0.3) is 0 Å². The number of benzene rings is 1. The number of aromatic hydroxyl groups is 1. The lowest BCUT2D eigenvalue weighted by Crippen LogP contribution is -2.11. The number of nitrogens with two attached hydrogens (primary N) is 1. The molecule has 0 aliphatic rings. The van der Waals surface area contributed by atoms with Crippen molar-refractivity contribution < 1.29 is 10.2 Å². The molecule has 0 saturated heterocycles. The lowest BCUT2D eigenvalue weighted by atomic mass is 10.0. The molecule has 1 unspecified atom stereocenters. The molecule has 1 aromatic rings. The first-order valence-corrected chi connectivity index (χ1v) is 4.39. The molecular weight excluding hydrogens is 166 g/mol. The second-order valence-corrected chi connectivity index (χ2v) is 2.99. The Morgan fingerprint density at radius 3 is 2.62 bits per heavy atom. The first-order chi connectivity index (χ1) is 6.19. The number of aliphatic hydroxyl groups is 1. The average molecular weight is 181 g/mol. The third-order valence-electron chi connectivity index (χ3n) is 2.10. The molecule has 0 amide bonds. The Morgan fingerprint density at radius 2 is 2.15 bits per heavy atom. The van der Waals surface area contributed by atoms with Crippen molar-refractivity contribution in [2.24, 2.45) is 5.73 Å². The Bertz CT molecular complexity index is 286. The molecule has 0 radical (unpaired) electrons. The summed E-state index contributed by atoms with van der Waals surface area (Å²) in [6.45, 7) is 2.14. The van der Waals surface area contributed by atoms with Gasteiger partial charge in [0.1, 0.15) is 5.75 Å². The number of rotatable bonds is 3. The first-order valence-electron chi connectivity index (χ1n) is 4.39. The van der Waals surface area contributed by atoms with E-state index in [1.54, 1.807) is 12.1 Å². The Balaban J connectivity index is 2.95. The highest BCUT2D eigenvalue weighted by Gasteiger charge is 2.07. The van der Waals surface area contributed by atoms with Gasteiger partial charge in [0.2, 0.25) is 0 Å². The summed E-state index contributed by atoms with van der Waals surface area (Å²) in [5, 5.41) is 18.9. The maximum absolute atomic E-state index is 9.48. The van der Waals surface area contributed by atoms with Gasteiger partial charge in [-0.15, -0.1) is 0 Å². The number of phenols is 1. The largest absolute Gasteiger partial charge is 0.508 e. The summed E-state index contributed by atoms with van der Waals surface area (Å²) >= 11 is 0. The number of aryl methyl sites for hydroxylation is 1. The molecule has 0 aliphatic carbocycles. The first kappa shape index (κ1) is 10.0. The van der Waals surface area contributed by atoms with Crippen LogP contribution in [0.4, 0.5) is 0 Å². The summed E-state index contributed by atoms with van der Waals surface area (Å²) in [6.07, 6.45) is 0.0991. The quantitative estimate of drug-likeness (QED) is 0.650. The normalized spacial score (nSPS) is 12.8. The van der Waals surface area contributed by atoms with Crippen LogP contribution in [0.2, 0.25) is 0 Å². The summed E-state index contributed by atoms with van der Waals surface area (Å²) in [7, 11) is 0. The van der Waals surface area contributed by atoms with Crippen molar-refractivity contribution in [3.8, 4) is 5.75 Å². The molecule has 3 heteroatoms. The molecule has 0 aromatic heterocycles. The van der Waals surface area contributed by atoms with Crippen molar-refractivity contribution in [3.63, 3.8) is 0 Å². The fourth-order valence-electron chi connectivity index (χ4n) is 1.22. The summed E-state index contributed by atoms with van der Waals surface area (Å²) < 4.78 is 0. The minimum absolute atomic E-state index is 0.172. The van der Waals surface area contributed by atoms with E-state index < -0.39 is 6.10 Å². The number of aliphatic hydroxyl groups excluding tert-OH is 1. The van der Waals surface area contributed by atoms with Gasteiger partial charge in [0.05, 0.1) is 6.10 Å². The van der Waals surface area contributed by atoms with Gasteiger partial charge in [-0.2, -0.15) is 0 Å². The topological polar surface area (TPSA) is 66.5 Å². The monoisotopic (exact) mass is 181 g/mol. The van der Waals surface area contributed by atoms with Crippen molar-refractivity contribution >= 4 is 0 Å². The average Bonchev–Trinajstić information content (AvgIpc) is 2.16. The highest BCUT2D eigenvalue weighted by Crippen LogP contribution is 2.22. The zero-order valence-corrected chi connectivity index (χ0v) is 7.70. The van der Waals surface area contributed by atoms with E-state index in [9.17, 15) is 10.2 Å². The van der Waals surface area contributed by atoms with Gasteiger partial charge in [-0.1, -0.05) is 19.1 Å². The molecule has 0 aliphatic heterocycles. The van der Waals surface area contributed by atoms with E-state index in [2.05, 4.69) is 0 Å². The SMILES string of the molecule is CCc1ccc(C(O)CN)cc1O. The molecule has 0 saturated carbocycles. The lowest BCUT2D eigenvalue weighted by molar-refractivity contribution is 0.186. The third kappa shape index (κ3) is 2.20. The molecule has 3 nitrogen and oxygen atoms in total. The maximum atomic E-state index is 9.48. The van der Waals surface area contributed by atoms with Gasteiger partial charge in [-0.05, 0) is 23.6 Å². The molecule has 0 fully saturated rings. The van der Waals surface area contributed by atoms with E-state index in [4.69, 9.17) is 5.73 Å². The summed E-state index contributed by atoms with van der Waals surface area (Å²) in [4.78, 5) is 0. The number of hydrogen-bond acceptors (Lipinski definition) is 3. The van der Waals surface area contributed by atoms with E-state index in [-0.39, 0.29) is 12.3 Å². The van der Waals surface area contributed by atoms with Gasteiger partial charge in [0, 0.05) is 6.54 Å². The van der Waals surface area contributed by atoms with Gasteiger partial charge >= 0.3 is 0 Å². The molecule has 1 aromatic carbocycles. The van der Waals surface area contributed by atoms with Crippen LogP contribution in [0.5, 0.6) is 5.75 Å². The number of phenolic OH excluding ortho intramolecular Hbond substituents is 1. The van der Waals surface area contributed by atoms with E-state index in [0.717, 1.165) is 12.0 Å². The van der Waals surface area contributed by atoms with E-state index in [1.807, 2.05) is 13.0 Å². The Labute approximate surface area is 77.8 Å². The number of hydrogen-bond donors (Lipinski definition) is 3. The zero-order chi connectivity index (χ0) is 9.84. The Hall–Kier alpha value is -1.06. The van der Waals surface area contributed by atoms with Gasteiger partial charge < -0.3 is 15.9 Å². The van der Waals surface area contributed by atoms with Gasteiger partial charge in [-0.3, -0.25) is 0 Å². The van der Waals surface area contributed by atoms with Crippen LogP contribution in [-0.4, -0.2) is 16.8 Å². The van der Waals surface area contributed by atoms with Crippen LogP contribution in [-0.2, 0) is 6.42 Å². The van der Waals surface area contributed by atoms with Crippen LogP contribution in [0.3, 0.4) is 0 Å². The van der Waals surface area contributed by atoms with E-state index >= 15 is 0 Å². The zero-order valence-electron chi connectivity index (χ0n) is 7.70. The van der Waals surface area contributed by atoms with Crippen LogP contribution in [0.25, 0.3) is 0 Å². The van der Waals surface area contributed by atoms with Gasteiger partial charge in [0.15, 0.2) is 0 Å². The Kier molecular flexibility index (Phi) is 3.28. The molecule has 0 heterocycles. The van der Waals surface area contributed by atoms with E-state index in [0.29, 0.717) is 5.56 Å². The summed E-state index contributed by atoms with van der Waals surface area (Å²) in [6, 6.07) is 5.16. The fraction of sp³-hybridized carbons (Fsp3) is 0.400. The minimum Gasteiger partial charge on any atom is -0.508 e. The highest BCUT2D eigenvalue weighted by molar-refractivity contribution is 5.37. The second kappa shape index (κ2) is 4.25. The predicted octanol–water partition coefficient (Wildman–Crippen LogP) is 0.947. The second-order valence-electron chi connectivity index (χ2n) is 2.99. The fourth-order valence-corrected chi connectivity index (χ4v) is 1.22. The molecular formula is C10H15NO2. The van der Waals surface area contributed by atoms with E-state index in [1.165, 1.54) is 0 Å². The molecule has 13 heavy (non-hydrogen) atoms. The summed E-state index contributed by atoms with van der Waals surface area (Å²) in [5.74, 6) is 0.229. The third-order valence-corrected chi connectivity index (χ3v) is 2.10. The van der Waals surface area contributed by atoms with Crippen molar-refractivity contribution in [2.75, 3.05) is 6.54 Å². The van der Waals surface area contributed by atoms with Crippen LogP contribution >= 0.6 is 0 Å². The highest BCUT2D eigenvalue weighted by atomic mass is 16.3. The van der Waals surface area contributed by atoms with Crippen molar-refractivity contribution in [1.29, 1.82) is 0 Å². The smallest absolute Gasteiger partial charge is 0.119 e. The van der Waals surface area contributed by atoms with Crippen molar-refractivity contribution in [3.05, 3.63) is 29.3 Å². The van der Waals surface area contributed by atoms with Crippen molar-refractivity contribution in [1.82, 2.24) is 0 Å². The molecule has 1 atom stereocenters. The predicted molar refractivity (Wildman–Crippen MR) is 51.5 cm³/mol. The van der Waals surface area contributed by atoms with Crippen LogP contribution in [0, 0.1) is 0 Å². The maximum Gasteiger partial charge on any atom is 0.119 e. The Morgan fingerprint density at radius 1 is 1.46 bits per heavy atom. The van der Waals surface area contributed by atoms with Crippen LogP contribution in [0.15, 0.2) is 18.2 Å². The molecule has 1 rings (SSSR count). The molecule has 4 N–H and O–H groups in total. The minimum atomic E-state index is -0.684. The van der Waals surface area contributed by atoms with Gasteiger partial charge in [-0.25, -0.2) is 0 Å². The van der Waals surface area contributed by atoms with Crippen LogP contribution in [0.1, 0.15) is 24.2 Å². The van der Waals surface area contributed by atoms with Crippen LogP contribution < -0.4 is 5.73 Å². The molecule has 72 valence electrons. The molecule has 0 spiro atoms. The standard InChI is InChI=1S/C10H15NO2/c1-2-7-3-4-8(5-9(7)12)10(13)6-11/h3-5,10,12-13H,2,6,11H2,1H3. The summed E-state index contributed by atoms with van der Waals surface area (Å²) in [5.41, 5.74) is 6.84. The van der Waals surface area contributed by atoms with Crippen molar-refractivity contribution in [2.45, 2.75) is 19.4 Å². The lowest BCUT2D eigenvalue weighted by Gasteiger charge is -2.09. The molecule has 0 bridgehead atoms.